The minimum atomic E-state index is -0.200. The molecule has 0 radical (unpaired) electrons. The monoisotopic (exact) mass is 324 g/mol. The van der Waals surface area contributed by atoms with Crippen LogP contribution in [0.5, 0.6) is 0 Å². The van der Waals surface area contributed by atoms with Crippen molar-refractivity contribution in [1.29, 1.82) is 0 Å². The first-order chi connectivity index (χ1) is 11.4. The first-order valence-corrected chi connectivity index (χ1v) is 8.16. The molecule has 2 aromatic rings. The fourth-order valence-corrected chi connectivity index (χ4v) is 2.77. The van der Waals surface area contributed by atoms with Gasteiger partial charge in [0.15, 0.2) is 0 Å². The lowest BCUT2D eigenvalue weighted by Gasteiger charge is -2.23. The molecule has 126 valence electrons. The van der Waals surface area contributed by atoms with Crippen molar-refractivity contribution in [1.82, 2.24) is 0 Å². The average molecular weight is 324 g/mol. The van der Waals surface area contributed by atoms with Gasteiger partial charge in [-0.2, -0.15) is 0 Å². The van der Waals surface area contributed by atoms with E-state index >= 15 is 0 Å². The van der Waals surface area contributed by atoms with Crippen molar-refractivity contribution in [3.63, 3.8) is 0 Å². The molecule has 0 heterocycles. The number of para-hydroxylation sites is 2. The number of hydrogen-bond acceptors (Lipinski definition) is 2. The SMILES string of the molecule is CCc1ccccc1N(CC(=O)Nc1c(C)cccc1C)C(C)=O. The molecule has 0 unspecified atom stereocenters. The van der Waals surface area contributed by atoms with E-state index in [1.807, 2.05) is 63.2 Å². The Hall–Kier alpha value is -2.62. The smallest absolute Gasteiger partial charge is 0.244 e. The van der Waals surface area contributed by atoms with Gasteiger partial charge in [-0.25, -0.2) is 0 Å². The predicted molar refractivity (Wildman–Crippen MR) is 98.4 cm³/mol. The molecular formula is C20H24N2O2. The largest absolute Gasteiger partial charge is 0.324 e. The van der Waals surface area contributed by atoms with Crippen LogP contribution in [0, 0.1) is 13.8 Å². The molecule has 1 N–H and O–H groups in total. The minimum absolute atomic E-state index is 0.000120. The Kier molecular flexibility index (Phi) is 5.74. The molecule has 0 aromatic heterocycles. The number of anilines is 2. The molecule has 0 aliphatic rings. The van der Waals surface area contributed by atoms with Crippen molar-refractivity contribution in [2.75, 3.05) is 16.8 Å². The number of amides is 2. The van der Waals surface area contributed by atoms with E-state index in [0.717, 1.165) is 34.5 Å². The van der Waals surface area contributed by atoms with Crippen LogP contribution >= 0.6 is 0 Å². The van der Waals surface area contributed by atoms with Crippen LogP contribution in [0.2, 0.25) is 0 Å². The quantitative estimate of drug-likeness (QED) is 0.908. The predicted octanol–water partition coefficient (Wildman–Crippen LogP) is 3.86. The molecule has 0 spiro atoms. The van der Waals surface area contributed by atoms with E-state index in [2.05, 4.69) is 5.32 Å². The van der Waals surface area contributed by atoms with Crippen LogP contribution in [0.3, 0.4) is 0 Å². The maximum Gasteiger partial charge on any atom is 0.244 e. The lowest BCUT2D eigenvalue weighted by Crippen LogP contribution is -2.37. The van der Waals surface area contributed by atoms with Gasteiger partial charge >= 0.3 is 0 Å². The Morgan fingerprint density at radius 3 is 2.21 bits per heavy atom. The van der Waals surface area contributed by atoms with E-state index in [9.17, 15) is 9.59 Å². The zero-order chi connectivity index (χ0) is 17.7. The normalized spacial score (nSPS) is 10.3. The molecule has 4 heteroatoms. The van der Waals surface area contributed by atoms with Gasteiger partial charge in [0.05, 0.1) is 0 Å². The van der Waals surface area contributed by atoms with Crippen LogP contribution in [-0.2, 0) is 16.0 Å². The zero-order valence-electron chi connectivity index (χ0n) is 14.7. The molecule has 2 aromatic carbocycles. The Balaban J connectivity index is 2.22. The van der Waals surface area contributed by atoms with Gasteiger partial charge in [-0.05, 0) is 43.0 Å². The van der Waals surface area contributed by atoms with Gasteiger partial charge < -0.3 is 10.2 Å². The Morgan fingerprint density at radius 2 is 1.62 bits per heavy atom. The number of aryl methyl sites for hydroxylation is 3. The van der Waals surface area contributed by atoms with Gasteiger partial charge in [-0.1, -0.05) is 43.3 Å². The molecule has 0 aliphatic carbocycles. The summed E-state index contributed by atoms with van der Waals surface area (Å²) in [6.45, 7) is 7.43. The van der Waals surface area contributed by atoms with Crippen molar-refractivity contribution in [2.24, 2.45) is 0 Å². The van der Waals surface area contributed by atoms with Gasteiger partial charge in [-0.3, -0.25) is 9.59 Å². The van der Waals surface area contributed by atoms with E-state index in [0.29, 0.717) is 0 Å². The number of benzene rings is 2. The number of nitrogens with one attached hydrogen (secondary N) is 1. The van der Waals surface area contributed by atoms with E-state index < -0.39 is 0 Å². The lowest BCUT2D eigenvalue weighted by molar-refractivity contribution is -0.120. The minimum Gasteiger partial charge on any atom is -0.324 e. The van der Waals surface area contributed by atoms with Crippen molar-refractivity contribution >= 4 is 23.2 Å². The van der Waals surface area contributed by atoms with E-state index in [1.165, 1.54) is 11.8 Å². The topological polar surface area (TPSA) is 49.4 Å². The second kappa shape index (κ2) is 7.77. The summed E-state index contributed by atoms with van der Waals surface area (Å²) in [5.41, 5.74) is 4.67. The standard InChI is InChI=1S/C20H24N2O2/c1-5-17-11-6-7-12-18(17)22(16(4)23)13-19(24)21-20-14(2)9-8-10-15(20)3/h6-12H,5,13H2,1-4H3,(H,21,24). The maximum atomic E-state index is 12.5. The molecule has 24 heavy (non-hydrogen) atoms. The highest BCUT2D eigenvalue weighted by Crippen LogP contribution is 2.22. The summed E-state index contributed by atoms with van der Waals surface area (Å²) in [4.78, 5) is 26.1. The third-order valence-corrected chi connectivity index (χ3v) is 4.09. The molecule has 4 nitrogen and oxygen atoms in total. The summed E-state index contributed by atoms with van der Waals surface area (Å²) in [5, 5.41) is 2.94. The molecule has 0 saturated carbocycles. The van der Waals surface area contributed by atoms with Crippen molar-refractivity contribution in [2.45, 2.75) is 34.1 Å². The third kappa shape index (κ3) is 4.02. The molecule has 0 saturated heterocycles. The lowest BCUT2D eigenvalue weighted by atomic mass is 10.1. The zero-order valence-corrected chi connectivity index (χ0v) is 14.7. The highest BCUT2D eigenvalue weighted by atomic mass is 16.2. The second-order valence-electron chi connectivity index (χ2n) is 5.90. The van der Waals surface area contributed by atoms with Crippen LogP contribution in [0.25, 0.3) is 0 Å². The second-order valence-corrected chi connectivity index (χ2v) is 5.90. The first kappa shape index (κ1) is 17.7. The fraction of sp³-hybridized carbons (Fsp3) is 0.300. The molecule has 0 aliphatic heterocycles. The maximum absolute atomic E-state index is 12.5. The highest BCUT2D eigenvalue weighted by Gasteiger charge is 2.18. The van der Waals surface area contributed by atoms with E-state index in [-0.39, 0.29) is 18.4 Å². The number of carbonyl (C=O) groups is 2. The Morgan fingerprint density at radius 1 is 1.00 bits per heavy atom. The highest BCUT2D eigenvalue weighted by molar-refractivity contribution is 6.02. The summed E-state index contributed by atoms with van der Waals surface area (Å²) in [5.74, 6) is -0.346. The van der Waals surface area contributed by atoms with E-state index in [1.54, 1.807) is 0 Å². The van der Waals surface area contributed by atoms with Crippen LogP contribution in [-0.4, -0.2) is 18.4 Å². The van der Waals surface area contributed by atoms with E-state index in [4.69, 9.17) is 0 Å². The summed E-state index contributed by atoms with van der Waals surface area (Å²) in [6, 6.07) is 13.6. The van der Waals surface area contributed by atoms with Gasteiger partial charge in [0, 0.05) is 18.3 Å². The third-order valence-electron chi connectivity index (χ3n) is 4.09. The molecular weight excluding hydrogens is 300 g/mol. The Labute approximate surface area is 143 Å². The summed E-state index contributed by atoms with van der Waals surface area (Å²) in [6.07, 6.45) is 0.804. The molecule has 2 amide bonds. The van der Waals surface area contributed by atoms with Crippen LogP contribution < -0.4 is 10.2 Å². The van der Waals surface area contributed by atoms with Gasteiger partial charge in [0.2, 0.25) is 11.8 Å². The summed E-state index contributed by atoms with van der Waals surface area (Å²) in [7, 11) is 0. The number of rotatable bonds is 5. The molecule has 0 bridgehead atoms. The van der Waals surface area contributed by atoms with Crippen LogP contribution in [0.15, 0.2) is 42.5 Å². The molecule has 2 rings (SSSR count). The van der Waals surface area contributed by atoms with Gasteiger partial charge in [-0.15, -0.1) is 0 Å². The van der Waals surface area contributed by atoms with Crippen molar-refractivity contribution in [3.05, 3.63) is 59.2 Å². The van der Waals surface area contributed by atoms with Gasteiger partial charge in [0.1, 0.15) is 6.54 Å². The van der Waals surface area contributed by atoms with Crippen molar-refractivity contribution < 1.29 is 9.59 Å². The number of nitrogens with zero attached hydrogens (tertiary/aromatic N) is 1. The molecule has 0 fully saturated rings. The average Bonchev–Trinajstić information content (AvgIpc) is 2.56. The summed E-state index contributed by atoms with van der Waals surface area (Å²) < 4.78 is 0. The first-order valence-electron chi connectivity index (χ1n) is 8.16. The van der Waals surface area contributed by atoms with Crippen molar-refractivity contribution in [3.8, 4) is 0 Å². The van der Waals surface area contributed by atoms with Crippen LogP contribution in [0.4, 0.5) is 11.4 Å². The molecule has 0 atom stereocenters. The Bertz CT molecular complexity index is 733. The number of carbonyl (C=O) groups excluding carboxylic acids is 2. The van der Waals surface area contributed by atoms with Gasteiger partial charge in [0.25, 0.3) is 0 Å². The fourth-order valence-electron chi connectivity index (χ4n) is 2.77. The number of hydrogen-bond donors (Lipinski definition) is 1. The summed E-state index contributed by atoms with van der Waals surface area (Å²) >= 11 is 0. The van der Waals surface area contributed by atoms with Crippen LogP contribution in [0.1, 0.15) is 30.5 Å².